The molecule has 2 rings (SSSR count). The third kappa shape index (κ3) is 3.05. The van der Waals surface area contributed by atoms with E-state index in [9.17, 15) is 4.21 Å². The van der Waals surface area contributed by atoms with Crippen LogP contribution in [-0.4, -0.2) is 32.2 Å². The summed E-state index contributed by atoms with van der Waals surface area (Å²) in [5.41, 5.74) is 2.20. The van der Waals surface area contributed by atoms with Gasteiger partial charge in [0.15, 0.2) is 0 Å². The molecule has 0 aromatic carbocycles. The first-order chi connectivity index (χ1) is 8.58. The Morgan fingerprint density at radius 1 is 1.50 bits per heavy atom. The second-order valence-electron chi connectivity index (χ2n) is 4.43. The van der Waals surface area contributed by atoms with E-state index < -0.39 is 10.8 Å². The summed E-state index contributed by atoms with van der Waals surface area (Å²) < 4.78 is 12.2. The van der Waals surface area contributed by atoms with Gasteiger partial charge in [-0.1, -0.05) is 0 Å². The van der Waals surface area contributed by atoms with E-state index in [0.29, 0.717) is 5.75 Å². The Balaban J connectivity index is 2.14. The third-order valence-electron chi connectivity index (χ3n) is 2.75. The van der Waals surface area contributed by atoms with Crippen LogP contribution in [0.15, 0.2) is 11.7 Å². The highest BCUT2D eigenvalue weighted by Gasteiger charge is 2.10. The van der Waals surface area contributed by atoms with Gasteiger partial charge in [-0.15, -0.1) is 11.3 Å². The molecule has 2 aromatic rings. The number of nitrogens with zero attached hydrogens (tertiary/aromatic N) is 2. The number of anilines is 1. The molecule has 0 saturated heterocycles. The fourth-order valence-corrected chi connectivity index (χ4v) is 3.36. The van der Waals surface area contributed by atoms with E-state index in [1.54, 1.807) is 23.9 Å². The number of nitrogens with one attached hydrogen (secondary N) is 1. The van der Waals surface area contributed by atoms with Crippen LogP contribution in [0.3, 0.4) is 0 Å². The van der Waals surface area contributed by atoms with Crippen LogP contribution in [0.1, 0.15) is 18.9 Å². The van der Waals surface area contributed by atoms with Gasteiger partial charge in [-0.2, -0.15) is 0 Å². The van der Waals surface area contributed by atoms with Crippen molar-refractivity contribution < 1.29 is 4.21 Å². The first-order valence-corrected chi connectivity index (χ1v) is 8.44. The van der Waals surface area contributed by atoms with Crippen LogP contribution in [-0.2, 0) is 10.8 Å². The largest absolute Gasteiger partial charge is 0.366 e. The quantitative estimate of drug-likeness (QED) is 0.916. The Labute approximate surface area is 113 Å². The van der Waals surface area contributed by atoms with Crippen molar-refractivity contribution in [2.75, 3.05) is 17.3 Å². The van der Waals surface area contributed by atoms with Crippen LogP contribution in [0.2, 0.25) is 0 Å². The molecule has 0 aliphatic rings. The Kier molecular flexibility index (Phi) is 4.29. The number of aromatic nitrogens is 2. The molecule has 0 spiro atoms. The van der Waals surface area contributed by atoms with Gasteiger partial charge in [0.2, 0.25) is 0 Å². The number of fused-ring (bicyclic) bond motifs is 1. The molecule has 2 heterocycles. The molecule has 0 bridgehead atoms. The van der Waals surface area contributed by atoms with Crippen molar-refractivity contribution in [3.05, 3.63) is 17.3 Å². The highest BCUT2D eigenvalue weighted by Crippen LogP contribution is 2.28. The number of thiophene rings is 1. The average molecular weight is 283 g/mol. The summed E-state index contributed by atoms with van der Waals surface area (Å²) >= 11 is 1.66. The molecule has 1 N–H and O–H groups in total. The standard InChI is InChI=1S/C12H17N3OS2/c1-8-6-17-11-10(8)13-7-14-12(11)15-9(2)4-5-18(3)16/h6-7,9H,4-5H2,1-3H3,(H,13,14,15). The third-order valence-corrected chi connectivity index (χ3v) is 4.66. The molecule has 0 saturated carbocycles. The van der Waals surface area contributed by atoms with Gasteiger partial charge in [0.05, 0.1) is 10.2 Å². The zero-order valence-corrected chi connectivity index (χ0v) is 12.4. The first kappa shape index (κ1) is 13.4. The predicted molar refractivity (Wildman–Crippen MR) is 78.8 cm³/mol. The van der Waals surface area contributed by atoms with Gasteiger partial charge in [0, 0.05) is 28.9 Å². The zero-order chi connectivity index (χ0) is 13.1. The lowest BCUT2D eigenvalue weighted by Crippen LogP contribution is -2.18. The van der Waals surface area contributed by atoms with Crippen LogP contribution in [0, 0.1) is 6.92 Å². The van der Waals surface area contributed by atoms with Crippen molar-refractivity contribution in [3.8, 4) is 0 Å². The van der Waals surface area contributed by atoms with E-state index >= 15 is 0 Å². The van der Waals surface area contributed by atoms with Gasteiger partial charge in [0.1, 0.15) is 12.1 Å². The van der Waals surface area contributed by atoms with Gasteiger partial charge >= 0.3 is 0 Å². The van der Waals surface area contributed by atoms with Crippen LogP contribution in [0.25, 0.3) is 10.2 Å². The SMILES string of the molecule is Cc1csc2c(NC(C)CCS(C)=O)ncnc12. The normalized spacial score (nSPS) is 14.6. The maximum absolute atomic E-state index is 11.1. The van der Waals surface area contributed by atoms with Gasteiger partial charge in [-0.05, 0) is 31.2 Å². The number of aryl methyl sites for hydroxylation is 1. The molecular formula is C12H17N3OS2. The van der Waals surface area contributed by atoms with Gasteiger partial charge < -0.3 is 5.32 Å². The summed E-state index contributed by atoms with van der Waals surface area (Å²) in [5, 5.41) is 5.47. The number of rotatable bonds is 5. The van der Waals surface area contributed by atoms with E-state index in [4.69, 9.17) is 0 Å². The van der Waals surface area contributed by atoms with E-state index in [0.717, 1.165) is 22.5 Å². The minimum absolute atomic E-state index is 0.259. The molecule has 2 aromatic heterocycles. The van der Waals surface area contributed by atoms with Crippen LogP contribution in [0.5, 0.6) is 0 Å². The smallest absolute Gasteiger partial charge is 0.147 e. The second-order valence-corrected chi connectivity index (χ2v) is 6.86. The average Bonchev–Trinajstić information content (AvgIpc) is 2.70. The van der Waals surface area contributed by atoms with Crippen LogP contribution in [0.4, 0.5) is 5.82 Å². The van der Waals surface area contributed by atoms with Gasteiger partial charge in [-0.3, -0.25) is 4.21 Å². The Hall–Kier alpha value is -1.01. The maximum atomic E-state index is 11.1. The van der Waals surface area contributed by atoms with Gasteiger partial charge in [-0.25, -0.2) is 9.97 Å². The number of hydrogen-bond acceptors (Lipinski definition) is 5. The summed E-state index contributed by atoms with van der Waals surface area (Å²) in [4.78, 5) is 8.59. The van der Waals surface area contributed by atoms with E-state index in [-0.39, 0.29) is 6.04 Å². The zero-order valence-electron chi connectivity index (χ0n) is 10.8. The first-order valence-electron chi connectivity index (χ1n) is 5.83. The highest BCUT2D eigenvalue weighted by molar-refractivity contribution is 7.84. The van der Waals surface area contributed by atoms with Crippen molar-refractivity contribution in [1.82, 2.24) is 9.97 Å². The molecule has 0 amide bonds. The maximum Gasteiger partial charge on any atom is 0.147 e. The fourth-order valence-electron chi connectivity index (χ4n) is 1.72. The molecule has 2 atom stereocenters. The molecule has 6 heteroatoms. The van der Waals surface area contributed by atoms with Crippen molar-refractivity contribution in [2.24, 2.45) is 0 Å². The van der Waals surface area contributed by atoms with E-state index in [1.807, 2.05) is 0 Å². The van der Waals surface area contributed by atoms with Crippen molar-refractivity contribution >= 4 is 38.2 Å². The molecule has 18 heavy (non-hydrogen) atoms. The molecule has 0 aliphatic heterocycles. The second kappa shape index (κ2) is 5.75. The van der Waals surface area contributed by atoms with Gasteiger partial charge in [0.25, 0.3) is 0 Å². The van der Waals surface area contributed by atoms with Crippen molar-refractivity contribution in [3.63, 3.8) is 0 Å². The topological polar surface area (TPSA) is 54.9 Å². The van der Waals surface area contributed by atoms with Crippen LogP contribution >= 0.6 is 11.3 Å². The number of hydrogen-bond donors (Lipinski definition) is 1. The highest BCUT2D eigenvalue weighted by atomic mass is 32.2. The van der Waals surface area contributed by atoms with Crippen molar-refractivity contribution in [2.45, 2.75) is 26.3 Å². The monoisotopic (exact) mass is 283 g/mol. The molecule has 2 unspecified atom stereocenters. The summed E-state index contributed by atoms with van der Waals surface area (Å²) in [7, 11) is -0.737. The lowest BCUT2D eigenvalue weighted by atomic mass is 10.2. The van der Waals surface area contributed by atoms with Crippen LogP contribution < -0.4 is 5.32 Å². The van der Waals surface area contributed by atoms with E-state index in [2.05, 4.69) is 34.5 Å². The summed E-state index contributed by atoms with van der Waals surface area (Å²) in [6.07, 6.45) is 4.20. The molecular weight excluding hydrogens is 266 g/mol. The molecule has 4 nitrogen and oxygen atoms in total. The Morgan fingerprint density at radius 3 is 3.00 bits per heavy atom. The molecule has 0 fully saturated rings. The Bertz CT molecular complexity index is 567. The minimum Gasteiger partial charge on any atom is -0.366 e. The summed E-state index contributed by atoms with van der Waals surface area (Å²) in [6, 6.07) is 0.259. The summed E-state index contributed by atoms with van der Waals surface area (Å²) in [5.74, 6) is 1.60. The molecule has 0 aliphatic carbocycles. The predicted octanol–water partition coefficient (Wildman–Crippen LogP) is 2.57. The summed E-state index contributed by atoms with van der Waals surface area (Å²) in [6.45, 7) is 4.14. The van der Waals surface area contributed by atoms with E-state index in [1.165, 1.54) is 5.56 Å². The minimum atomic E-state index is -0.737. The van der Waals surface area contributed by atoms with Crippen molar-refractivity contribution in [1.29, 1.82) is 0 Å². The molecule has 0 radical (unpaired) electrons. The molecule has 98 valence electrons. The Morgan fingerprint density at radius 2 is 2.28 bits per heavy atom. The lowest BCUT2D eigenvalue weighted by molar-refractivity contribution is 0.678. The fraction of sp³-hybridized carbons (Fsp3) is 0.500. The lowest BCUT2D eigenvalue weighted by Gasteiger charge is -2.13.